The normalized spacial score (nSPS) is 11.3. The van der Waals surface area contributed by atoms with E-state index in [0.717, 1.165) is 0 Å². The van der Waals surface area contributed by atoms with Crippen molar-refractivity contribution in [1.82, 2.24) is 0 Å². The molecule has 0 radical (unpaired) electrons. The van der Waals surface area contributed by atoms with Gasteiger partial charge in [0.2, 0.25) is 0 Å². The maximum atomic E-state index is 6.52. The summed E-state index contributed by atoms with van der Waals surface area (Å²) in [5, 5.41) is 1.17. The largest absolute Gasteiger partial charge is 0.430 e. The SMILES string of the molecule is C.C.C.C=C[Si](C)(C)O[Si](C)(O[Si](C)(C)C=C)c1ccccc1. The summed E-state index contributed by atoms with van der Waals surface area (Å²) < 4.78 is 13.0. The Morgan fingerprint density at radius 2 is 1.09 bits per heavy atom. The average Bonchev–Trinajstić information content (AvgIpc) is 2.38. The van der Waals surface area contributed by atoms with Crippen LogP contribution in [-0.2, 0) is 8.23 Å². The van der Waals surface area contributed by atoms with Gasteiger partial charge >= 0.3 is 8.56 Å². The van der Waals surface area contributed by atoms with Gasteiger partial charge in [-0.3, -0.25) is 0 Å². The van der Waals surface area contributed by atoms with Crippen LogP contribution in [0.2, 0.25) is 32.7 Å². The van der Waals surface area contributed by atoms with Crippen molar-refractivity contribution >= 4 is 30.4 Å². The van der Waals surface area contributed by atoms with Crippen LogP contribution in [0.5, 0.6) is 0 Å². The van der Waals surface area contributed by atoms with Gasteiger partial charge in [-0.2, -0.15) is 0 Å². The summed E-state index contributed by atoms with van der Waals surface area (Å²) in [5.74, 6) is 0. The standard InChI is InChI=1S/C15H26O2Si3.3CH4/c1-8-18(3,4)16-20(7,17-19(5,6)9-2)15-13-11-10-12-14-15;;;/h8-14H,1-2H2,3-7H3;3*1H4. The predicted octanol–water partition coefficient (Wildman–Crippen LogP) is 5.77. The van der Waals surface area contributed by atoms with Gasteiger partial charge in [0, 0.05) is 0 Å². The molecule has 0 bridgehead atoms. The molecule has 0 heterocycles. The second-order valence-corrected chi connectivity index (χ2v) is 17.5. The van der Waals surface area contributed by atoms with Crippen molar-refractivity contribution in [2.75, 3.05) is 0 Å². The molecule has 0 N–H and O–H groups in total. The minimum atomic E-state index is -2.46. The fraction of sp³-hybridized carbons (Fsp3) is 0.444. The molecular weight excluding hydrogens is 332 g/mol. The van der Waals surface area contributed by atoms with E-state index >= 15 is 0 Å². The molecule has 1 rings (SSSR count). The zero-order valence-corrected chi connectivity index (χ0v) is 16.3. The van der Waals surface area contributed by atoms with Crippen LogP contribution >= 0.6 is 0 Å². The van der Waals surface area contributed by atoms with Crippen LogP contribution in [0.4, 0.5) is 0 Å². The zero-order valence-electron chi connectivity index (χ0n) is 13.3. The van der Waals surface area contributed by atoms with Crippen LogP contribution in [0.15, 0.2) is 54.9 Å². The van der Waals surface area contributed by atoms with Crippen molar-refractivity contribution in [2.24, 2.45) is 0 Å². The summed E-state index contributed by atoms with van der Waals surface area (Å²) >= 11 is 0. The van der Waals surface area contributed by atoms with Gasteiger partial charge in [-0.25, -0.2) is 0 Å². The number of rotatable bonds is 7. The molecule has 0 aliphatic carbocycles. The van der Waals surface area contributed by atoms with Crippen LogP contribution in [0.25, 0.3) is 0 Å². The van der Waals surface area contributed by atoms with E-state index in [-0.39, 0.29) is 22.3 Å². The van der Waals surface area contributed by atoms with Crippen molar-refractivity contribution in [3.63, 3.8) is 0 Å². The molecule has 0 aliphatic rings. The second-order valence-electron chi connectivity index (χ2n) is 6.13. The van der Waals surface area contributed by atoms with Gasteiger partial charge in [-0.05, 0) is 37.9 Å². The third-order valence-corrected chi connectivity index (χ3v) is 13.9. The van der Waals surface area contributed by atoms with Gasteiger partial charge in [-0.15, -0.1) is 13.2 Å². The first-order valence-electron chi connectivity index (χ1n) is 6.87. The molecular formula is C18H38O2Si3. The van der Waals surface area contributed by atoms with Crippen LogP contribution in [0, 0.1) is 0 Å². The van der Waals surface area contributed by atoms with Crippen LogP contribution < -0.4 is 5.19 Å². The van der Waals surface area contributed by atoms with Crippen molar-refractivity contribution in [3.05, 3.63) is 54.9 Å². The highest BCUT2D eigenvalue weighted by Crippen LogP contribution is 2.21. The van der Waals surface area contributed by atoms with Crippen LogP contribution in [0.3, 0.4) is 0 Å². The minimum Gasteiger partial charge on any atom is -0.430 e. The lowest BCUT2D eigenvalue weighted by Crippen LogP contribution is -2.60. The fourth-order valence-corrected chi connectivity index (χ4v) is 12.9. The first-order valence-corrected chi connectivity index (χ1v) is 15.2. The molecule has 1 aromatic carbocycles. The van der Waals surface area contributed by atoms with E-state index in [0.29, 0.717) is 0 Å². The molecule has 2 nitrogen and oxygen atoms in total. The van der Waals surface area contributed by atoms with Crippen molar-refractivity contribution in [1.29, 1.82) is 0 Å². The van der Waals surface area contributed by atoms with E-state index in [1.807, 2.05) is 29.6 Å². The monoisotopic (exact) mass is 370 g/mol. The van der Waals surface area contributed by atoms with Gasteiger partial charge < -0.3 is 8.23 Å². The smallest absolute Gasteiger partial charge is 0.349 e. The third kappa shape index (κ3) is 8.08. The van der Waals surface area contributed by atoms with E-state index in [1.54, 1.807) is 0 Å². The van der Waals surface area contributed by atoms with Crippen LogP contribution in [0.1, 0.15) is 22.3 Å². The molecule has 0 saturated heterocycles. The Bertz CT molecular complexity index is 448. The lowest BCUT2D eigenvalue weighted by Gasteiger charge is -2.38. The topological polar surface area (TPSA) is 18.5 Å². The zero-order chi connectivity index (χ0) is 15.4. The highest BCUT2D eigenvalue weighted by Gasteiger charge is 2.43. The number of hydrogen-bond donors (Lipinski definition) is 0. The van der Waals surface area contributed by atoms with Gasteiger partial charge in [-0.1, -0.05) is 64.0 Å². The molecule has 134 valence electrons. The Labute approximate surface area is 148 Å². The molecule has 0 spiro atoms. The second kappa shape index (κ2) is 10.2. The van der Waals surface area contributed by atoms with Gasteiger partial charge in [0.25, 0.3) is 0 Å². The summed E-state index contributed by atoms with van der Waals surface area (Å²) in [6.07, 6.45) is 0. The molecule has 0 unspecified atom stereocenters. The maximum Gasteiger partial charge on any atom is 0.349 e. The predicted molar refractivity (Wildman–Crippen MR) is 115 cm³/mol. The van der Waals surface area contributed by atoms with E-state index in [2.05, 4.69) is 58.0 Å². The van der Waals surface area contributed by atoms with Crippen molar-refractivity contribution in [3.8, 4) is 0 Å². The summed E-state index contributed by atoms with van der Waals surface area (Å²) in [4.78, 5) is 0. The molecule has 1 aromatic rings. The van der Waals surface area contributed by atoms with Crippen molar-refractivity contribution in [2.45, 2.75) is 55.0 Å². The molecule has 0 fully saturated rings. The van der Waals surface area contributed by atoms with E-state index in [4.69, 9.17) is 8.23 Å². The summed E-state index contributed by atoms with van der Waals surface area (Å²) in [5.41, 5.74) is 3.93. The number of benzene rings is 1. The fourth-order valence-electron chi connectivity index (χ4n) is 1.97. The van der Waals surface area contributed by atoms with Crippen molar-refractivity contribution < 1.29 is 8.23 Å². The van der Waals surface area contributed by atoms with Gasteiger partial charge in [0.15, 0.2) is 16.6 Å². The van der Waals surface area contributed by atoms with E-state index in [9.17, 15) is 0 Å². The first-order chi connectivity index (χ1) is 9.14. The molecule has 0 saturated carbocycles. The summed E-state index contributed by atoms with van der Waals surface area (Å²) in [6.45, 7) is 18.6. The first kappa shape index (κ1) is 27.1. The van der Waals surface area contributed by atoms with E-state index in [1.165, 1.54) is 5.19 Å². The summed E-state index contributed by atoms with van der Waals surface area (Å²) in [6, 6.07) is 10.3. The van der Waals surface area contributed by atoms with Gasteiger partial charge in [0.1, 0.15) is 0 Å². The molecule has 23 heavy (non-hydrogen) atoms. The number of hydrogen-bond acceptors (Lipinski definition) is 2. The quantitative estimate of drug-likeness (QED) is 0.567. The lowest BCUT2D eigenvalue weighted by atomic mass is 10.4. The Hall–Kier alpha value is -0.729. The lowest BCUT2D eigenvalue weighted by molar-refractivity contribution is 0.409. The highest BCUT2D eigenvalue weighted by atomic mass is 28.5. The summed E-state index contributed by atoms with van der Waals surface area (Å²) in [7, 11) is -6.30. The Morgan fingerprint density at radius 1 is 0.739 bits per heavy atom. The Balaban J connectivity index is -0.00000133. The Morgan fingerprint density at radius 3 is 1.39 bits per heavy atom. The molecule has 0 atom stereocenters. The molecule has 0 aromatic heterocycles. The van der Waals surface area contributed by atoms with Crippen LogP contribution in [-0.4, -0.2) is 25.2 Å². The maximum absolute atomic E-state index is 6.52. The molecule has 0 aliphatic heterocycles. The van der Waals surface area contributed by atoms with E-state index < -0.39 is 25.2 Å². The third-order valence-electron chi connectivity index (χ3n) is 3.20. The average molecular weight is 371 g/mol. The minimum absolute atomic E-state index is 0. The molecule has 0 amide bonds. The Kier molecular flexibility index (Phi) is 12.0. The molecule has 5 heteroatoms. The van der Waals surface area contributed by atoms with Gasteiger partial charge in [0.05, 0.1) is 0 Å². The highest BCUT2D eigenvalue weighted by molar-refractivity contribution is 6.96.